The topological polar surface area (TPSA) is 81.5 Å². The lowest BCUT2D eigenvalue weighted by molar-refractivity contribution is -0.137. The highest BCUT2D eigenvalue weighted by molar-refractivity contribution is 5.94. The van der Waals surface area contributed by atoms with Gasteiger partial charge in [-0.3, -0.25) is 9.89 Å². The molecule has 1 aliphatic carbocycles. The van der Waals surface area contributed by atoms with Crippen LogP contribution in [0.2, 0.25) is 0 Å². The number of aromatic nitrogens is 2. The van der Waals surface area contributed by atoms with E-state index in [4.69, 9.17) is 0 Å². The van der Waals surface area contributed by atoms with E-state index in [0.717, 1.165) is 39.0 Å². The molecule has 1 fully saturated rings. The Balaban J connectivity index is 1.31. The summed E-state index contributed by atoms with van der Waals surface area (Å²) in [7, 11) is 1.97. The molecule has 0 radical (unpaired) electrons. The molecule has 4 aromatic rings. The molecule has 9 heteroatoms. The molecule has 2 aliphatic rings. The van der Waals surface area contributed by atoms with Crippen molar-refractivity contribution in [1.82, 2.24) is 9.78 Å². The number of aryl methyl sites for hydroxylation is 1. The summed E-state index contributed by atoms with van der Waals surface area (Å²) in [6.07, 6.45) is -4.61. The highest BCUT2D eigenvalue weighted by Crippen LogP contribution is 2.52. The van der Waals surface area contributed by atoms with Gasteiger partial charge in [-0.15, -0.1) is 0 Å². The Morgan fingerprint density at radius 1 is 0.975 bits per heavy atom. The molecule has 2 atom stereocenters. The van der Waals surface area contributed by atoms with E-state index >= 15 is 0 Å². The van der Waals surface area contributed by atoms with Gasteiger partial charge in [-0.05, 0) is 53.6 Å². The number of halogens is 3. The van der Waals surface area contributed by atoms with E-state index in [-0.39, 0.29) is 11.3 Å². The maximum Gasteiger partial charge on any atom is 0.416 e. The summed E-state index contributed by atoms with van der Waals surface area (Å²) in [5.41, 5.74) is 2.37. The third-order valence-electron chi connectivity index (χ3n) is 8.67. The molecule has 208 valence electrons. The lowest BCUT2D eigenvalue weighted by atomic mass is 9.64. The van der Waals surface area contributed by atoms with Gasteiger partial charge in [-0.25, -0.2) is 4.68 Å². The van der Waals surface area contributed by atoms with Crippen molar-refractivity contribution in [3.8, 4) is 5.69 Å². The van der Waals surface area contributed by atoms with E-state index in [1.165, 1.54) is 17.7 Å². The maximum absolute atomic E-state index is 13.3. The SMILES string of the molecule is Cc1[nH]n(-c2ccc(C(F)(F)F)cc2)c(=O)c1C1C(O)C(C=C2N(C)c3ccc4ccccc4c3C2(C)C)C1O. The third kappa shape index (κ3) is 3.75. The molecule has 0 spiro atoms. The smallest absolute Gasteiger partial charge is 0.392 e. The number of aliphatic hydroxyl groups is 2. The standard InChI is InChI=1S/C31H30F3N3O3/c1-16-24(29(40)37(35-16)19-12-10-18(11-13-19)31(32,33)34)25-27(38)21(28(25)39)15-23-30(2,3)26-20-8-6-5-7-17(20)9-14-22(26)36(23)4/h5-15,21,25,27-28,35,38-39H,1-4H3. The molecule has 40 heavy (non-hydrogen) atoms. The Hall–Kier alpha value is -3.82. The first-order chi connectivity index (χ1) is 18.8. The van der Waals surface area contributed by atoms with E-state index in [9.17, 15) is 28.2 Å². The van der Waals surface area contributed by atoms with Gasteiger partial charge >= 0.3 is 6.18 Å². The second kappa shape index (κ2) is 8.84. The monoisotopic (exact) mass is 549 g/mol. The summed E-state index contributed by atoms with van der Waals surface area (Å²) >= 11 is 0. The Morgan fingerprint density at radius 2 is 1.62 bits per heavy atom. The molecule has 3 aromatic carbocycles. The molecule has 1 aromatic heterocycles. The minimum absolute atomic E-state index is 0.225. The molecule has 0 amide bonds. The Morgan fingerprint density at radius 3 is 2.27 bits per heavy atom. The van der Waals surface area contributed by atoms with Crippen molar-refractivity contribution < 1.29 is 23.4 Å². The van der Waals surface area contributed by atoms with Crippen LogP contribution in [0.3, 0.4) is 0 Å². The highest BCUT2D eigenvalue weighted by atomic mass is 19.4. The van der Waals surface area contributed by atoms with E-state index < -0.39 is 46.8 Å². The molecule has 1 saturated carbocycles. The first-order valence-electron chi connectivity index (χ1n) is 13.2. The fourth-order valence-corrected chi connectivity index (χ4v) is 6.59. The Bertz CT molecular complexity index is 1710. The number of benzene rings is 3. The zero-order chi connectivity index (χ0) is 28.7. The number of alkyl halides is 3. The first kappa shape index (κ1) is 26.4. The number of hydrogen-bond donors (Lipinski definition) is 3. The summed E-state index contributed by atoms with van der Waals surface area (Å²) in [6, 6.07) is 16.6. The van der Waals surface area contributed by atoms with Gasteiger partial charge in [0.2, 0.25) is 0 Å². The van der Waals surface area contributed by atoms with Crippen LogP contribution in [0.15, 0.2) is 77.2 Å². The van der Waals surface area contributed by atoms with Crippen LogP contribution in [0.1, 0.15) is 42.1 Å². The second-order valence-electron chi connectivity index (χ2n) is 11.3. The van der Waals surface area contributed by atoms with E-state index in [1.807, 2.05) is 25.3 Å². The highest BCUT2D eigenvalue weighted by Gasteiger charge is 2.52. The van der Waals surface area contributed by atoms with Crippen LogP contribution >= 0.6 is 0 Å². The number of anilines is 1. The van der Waals surface area contributed by atoms with Crippen LogP contribution < -0.4 is 10.5 Å². The summed E-state index contributed by atoms with van der Waals surface area (Å²) in [5.74, 6) is -1.44. The van der Waals surface area contributed by atoms with Crippen LogP contribution in [0, 0.1) is 12.8 Å². The van der Waals surface area contributed by atoms with Crippen LogP contribution in [0.5, 0.6) is 0 Å². The molecule has 2 heterocycles. The van der Waals surface area contributed by atoms with Crippen LogP contribution in [0.4, 0.5) is 18.9 Å². The molecule has 6 rings (SSSR count). The molecular formula is C31H30F3N3O3. The van der Waals surface area contributed by atoms with Crippen LogP contribution in [-0.4, -0.2) is 39.2 Å². The van der Waals surface area contributed by atoms with Gasteiger partial charge in [0.25, 0.3) is 5.56 Å². The number of nitrogens with one attached hydrogen (secondary N) is 1. The number of allylic oxidation sites excluding steroid dienone is 1. The predicted octanol–water partition coefficient (Wildman–Crippen LogP) is 5.39. The summed E-state index contributed by atoms with van der Waals surface area (Å²) < 4.78 is 40.1. The number of H-pyrrole nitrogens is 1. The number of aromatic amines is 1. The fraction of sp³-hybridized carbons (Fsp3) is 0.323. The largest absolute Gasteiger partial charge is 0.416 e. The Kier molecular flexibility index (Phi) is 5.84. The summed E-state index contributed by atoms with van der Waals surface area (Å²) in [4.78, 5) is 15.4. The summed E-state index contributed by atoms with van der Waals surface area (Å²) in [6.45, 7) is 5.90. The minimum Gasteiger partial charge on any atom is -0.392 e. The van der Waals surface area contributed by atoms with Crippen LogP contribution in [-0.2, 0) is 11.6 Å². The first-order valence-corrected chi connectivity index (χ1v) is 13.2. The van der Waals surface area contributed by atoms with E-state index in [0.29, 0.717) is 5.69 Å². The van der Waals surface area contributed by atoms with Crippen molar-refractivity contribution >= 4 is 16.5 Å². The lowest BCUT2D eigenvalue weighted by Crippen LogP contribution is -2.54. The normalized spacial score (nSPS) is 24.9. The van der Waals surface area contributed by atoms with Gasteiger partial charge in [0.1, 0.15) is 0 Å². The zero-order valence-corrected chi connectivity index (χ0v) is 22.5. The molecule has 1 aliphatic heterocycles. The quantitative estimate of drug-likeness (QED) is 0.320. The van der Waals surface area contributed by atoms with Gasteiger partial charge in [0.15, 0.2) is 0 Å². The molecule has 0 bridgehead atoms. The van der Waals surface area contributed by atoms with Gasteiger partial charge < -0.3 is 15.1 Å². The van der Waals surface area contributed by atoms with Gasteiger partial charge in [0.05, 0.1) is 23.5 Å². The number of likely N-dealkylation sites (N-methyl/N-ethyl adjacent to an activating group) is 1. The second-order valence-corrected chi connectivity index (χ2v) is 11.3. The molecule has 0 saturated heterocycles. The lowest BCUT2D eigenvalue weighted by Gasteiger charge is -2.45. The summed E-state index contributed by atoms with van der Waals surface area (Å²) in [5, 5.41) is 27.7. The molecule has 2 unspecified atom stereocenters. The molecule has 6 nitrogen and oxygen atoms in total. The van der Waals surface area contributed by atoms with Crippen molar-refractivity contribution in [3.63, 3.8) is 0 Å². The average molecular weight is 550 g/mol. The van der Waals surface area contributed by atoms with Gasteiger partial charge in [-0.2, -0.15) is 13.2 Å². The Labute approximate surface area is 229 Å². The van der Waals surface area contributed by atoms with Crippen molar-refractivity contribution in [2.75, 3.05) is 11.9 Å². The average Bonchev–Trinajstić information content (AvgIpc) is 3.31. The molecular weight excluding hydrogens is 519 g/mol. The van der Waals surface area contributed by atoms with Crippen molar-refractivity contribution in [2.24, 2.45) is 5.92 Å². The van der Waals surface area contributed by atoms with Gasteiger partial charge in [0, 0.05) is 46.9 Å². The van der Waals surface area contributed by atoms with Gasteiger partial charge in [-0.1, -0.05) is 50.3 Å². The predicted molar refractivity (Wildman–Crippen MR) is 148 cm³/mol. The van der Waals surface area contributed by atoms with Crippen LogP contribution in [0.25, 0.3) is 16.5 Å². The minimum atomic E-state index is -4.49. The fourth-order valence-electron chi connectivity index (χ4n) is 6.59. The number of aliphatic hydroxyl groups excluding tert-OH is 2. The van der Waals surface area contributed by atoms with E-state index in [2.05, 4.69) is 48.1 Å². The number of rotatable bonds is 3. The third-order valence-corrected chi connectivity index (χ3v) is 8.67. The number of nitrogens with zero attached hydrogens (tertiary/aromatic N) is 2. The maximum atomic E-state index is 13.3. The number of hydrogen-bond acceptors (Lipinski definition) is 4. The van der Waals surface area contributed by atoms with E-state index in [1.54, 1.807) is 6.92 Å². The molecule has 3 N–H and O–H groups in total. The van der Waals surface area contributed by atoms with Crippen molar-refractivity contribution in [3.05, 3.63) is 105 Å². The van der Waals surface area contributed by atoms with Crippen molar-refractivity contribution in [1.29, 1.82) is 0 Å². The van der Waals surface area contributed by atoms with Crippen molar-refractivity contribution in [2.45, 2.75) is 50.5 Å². The number of fused-ring (bicyclic) bond motifs is 3. The zero-order valence-electron chi connectivity index (χ0n) is 22.5.